The van der Waals surface area contributed by atoms with Crippen LogP contribution in [0, 0.1) is 11.8 Å². The number of carbonyl (C=O) groups excluding carboxylic acids is 1. The van der Waals surface area contributed by atoms with Gasteiger partial charge in [-0.2, -0.15) is 0 Å². The summed E-state index contributed by atoms with van der Waals surface area (Å²) < 4.78 is 0. The summed E-state index contributed by atoms with van der Waals surface area (Å²) in [6.07, 6.45) is 9.77. The van der Waals surface area contributed by atoms with Gasteiger partial charge in [-0.3, -0.25) is 9.69 Å². The first-order valence-electron chi connectivity index (χ1n) is 9.00. The molecule has 3 nitrogen and oxygen atoms in total. The third-order valence-corrected chi connectivity index (χ3v) is 5.06. The lowest BCUT2D eigenvalue weighted by atomic mass is 9.93. The number of allylic oxidation sites excluding steroid dienone is 2. The minimum absolute atomic E-state index is 0.198. The molecule has 1 aliphatic heterocycles. The van der Waals surface area contributed by atoms with Gasteiger partial charge in [-0.1, -0.05) is 42.5 Å². The second kappa shape index (κ2) is 8.30. The maximum atomic E-state index is 12.3. The van der Waals surface area contributed by atoms with E-state index in [1.807, 2.05) is 0 Å². The summed E-state index contributed by atoms with van der Waals surface area (Å²) in [6.45, 7) is 4.13. The first-order valence-corrected chi connectivity index (χ1v) is 9.00. The monoisotopic (exact) mass is 312 g/mol. The largest absolute Gasteiger partial charge is 0.356 e. The second-order valence-corrected chi connectivity index (χ2v) is 6.96. The molecular weight excluding hydrogens is 284 g/mol. The van der Waals surface area contributed by atoms with Crippen molar-refractivity contribution >= 4 is 5.91 Å². The molecule has 1 heterocycles. The molecule has 1 saturated heterocycles. The summed E-state index contributed by atoms with van der Waals surface area (Å²) in [4.78, 5) is 14.8. The zero-order valence-electron chi connectivity index (χ0n) is 13.9. The Morgan fingerprint density at radius 3 is 2.83 bits per heavy atom. The van der Waals surface area contributed by atoms with E-state index in [0.29, 0.717) is 5.92 Å². The van der Waals surface area contributed by atoms with Gasteiger partial charge in [0, 0.05) is 25.6 Å². The molecule has 3 rings (SSSR count). The molecule has 2 aliphatic rings. The van der Waals surface area contributed by atoms with Crippen molar-refractivity contribution in [3.63, 3.8) is 0 Å². The Morgan fingerprint density at radius 2 is 2.04 bits per heavy atom. The number of likely N-dealkylation sites (tertiary alicyclic amines) is 1. The number of nitrogens with one attached hydrogen (secondary N) is 1. The molecule has 0 spiro atoms. The van der Waals surface area contributed by atoms with E-state index < -0.39 is 0 Å². The molecule has 1 aromatic rings. The molecule has 124 valence electrons. The summed E-state index contributed by atoms with van der Waals surface area (Å²) in [6, 6.07) is 10.7. The predicted molar refractivity (Wildman–Crippen MR) is 93.9 cm³/mol. The number of piperidine rings is 1. The first-order chi connectivity index (χ1) is 11.3. The Kier molecular flexibility index (Phi) is 5.87. The topological polar surface area (TPSA) is 32.3 Å². The first kappa shape index (κ1) is 16.3. The van der Waals surface area contributed by atoms with Crippen LogP contribution in [0.3, 0.4) is 0 Å². The molecule has 2 atom stereocenters. The molecule has 23 heavy (non-hydrogen) atoms. The van der Waals surface area contributed by atoms with Crippen LogP contribution >= 0.6 is 0 Å². The van der Waals surface area contributed by atoms with Gasteiger partial charge in [0.05, 0.1) is 0 Å². The molecule has 1 amide bonds. The average molecular weight is 312 g/mol. The van der Waals surface area contributed by atoms with Crippen LogP contribution in [0.15, 0.2) is 42.5 Å². The molecule has 0 bridgehead atoms. The van der Waals surface area contributed by atoms with Gasteiger partial charge in [-0.25, -0.2) is 0 Å². The van der Waals surface area contributed by atoms with Gasteiger partial charge >= 0.3 is 0 Å². The maximum absolute atomic E-state index is 12.3. The van der Waals surface area contributed by atoms with Crippen molar-refractivity contribution in [1.82, 2.24) is 10.2 Å². The number of rotatable bonds is 5. The van der Waals surface area contributed by atoms with E-state index >= 15 is 0 Å². The standard InChI is InChI=1S/C20H28N2O/c23-20(19-11-5-2-6-12-19)21-14-18-10-7-13-22(16-18)15-17-8-3-1-4-9-17/h1-5,8-9,18-19H,6-7,10-16H2,(H,21,23)/t18-,19-/m1/s1. The third kappa shape index (κ3) is 4.93. The van der Waals surface area contributed by atoms with Crippen molar-refractivity contribution in [2.45, 2.75) is 38.6 Å². The highest BCUT2D eigenvalue weighted by Crippen LogP contribution is 2.20. The normalized spacial score (nSPS) is 25.2. The van der Waals surface area contributed by atoms with Crippen LogP contribution in [-0.2, 0) is 11.3 Å². The van der Waals surface area contributed by atoms with Crippen LogP contribution < -0.4 is 5.32 Å². The van der Waals surface area contributed by atoms with Crippen molar-refractivity contribution in [3.05, 3.63) is 48.0 Å². The van der Waals surface area contributed by atoms with E-state index in [4.69, 9.17) is 0 Å². The molecule has 0 aromatic heterocycles. The minimum Gasteiger partial charge on any atom is -0.356 e. The molecule has 0 unspecified atom stereocenters. The summed E-state index contributed by atoms with van der Waals surface area (Å²) >= 11 is 0. The van der Waals surface area contributed by atoms with E-state index in [1.54, 1.807) is 0 Å². The van der Waals surface area contributed by atoms with Crippen molar-refractivity contribution in [1.29, 1.82) is 0 Å². The number of hydrogen-bond donors (Lipinski definition) is 1. The van der Waals surface area contributed by atoms with Gasteiger partial charge in [0.1, 0.15) is 0 Å². The number of amides is 1. The van der Waals surface area contributed by atoms with E-state index in [0.717, 1.165) is 38.9 Å². The molecular formula is C20H28N2O. The van der Waals surface area contributed by atoms with Crippen LogP contribution in [0.5, 0.6) is 0 Å². The summed E-state index contributed by atoms with van der Waals surface area (Å²) in [5, 5.41) is 3.21. The fourth-order valence-corrected chi connectivity index (χ4v) is 3.72. The highest BCUT2D eigenvalue weighted by Gasteiger charge is 2.23. The lowest BCUT2D eigenvalue weighted by molar-refractivity contribution is -0.125. The Morgan fingerprint density at radius 1 is 1.17 bits per heavy atom. The predicted octanol–water partition coefficient (Wildman–Crippen LogP) is 3.37. The molecule has 0 radical (unpaired) electrons. The second-order valence-electron chi connectivity index (χ2n) is 6.96. The number of carbonyl (C=O) groups is 1. The molecule has 3 heteroatoms. The van der Waals surface area contributed by atoms with Crippen molar-refractivity contribution in [2.75, 3.05) is 19.6 Å². The zero-order valence-corrected chi connectivity index (χ0v) is 13.9. The number of benzene rings is 1. The van der Waals surface area contributed by atoms with Crippen LogP contribution in [0.25, 0.3) is 0 Å². The van der Waals surface area contributed by atoms with Gasteiger partial charge in [-0.05, 0) is 50.1 Å². The Balaban J connectivity index is 1.43. The van der Waals surface area contributed by atoms with Crippen molar-refractivity contribution in [2.24, 2.45) is 11.8 Å². The molecule has 1 fully saturated rings. The highest BCUT2D eigenvalue weighted by atomic mass is 16.1. The Bertz CT molecular complexity index is 526. The summed E-state index contributed by atoms with van der Waals surface area (Å²) in [7, 11) is 0. The van der Waals surface area contributed by atoms with Crippen LogP contribution in [0.2, 0.25) is 0 Å². The van der Waals surface area contributed by atoms with Crippen LogP contribution in [0.4, 0.5) is 0 Å². The molecule has 1 N–H and O–H groups in total. The fourth-order valence-electron chi connectivity index (χ4n) is 3.72. The lowest BCUT2D eigenvalue weighted by Gasteiger charge is -2.33. The van der Waals surface area contributed by atoms with E-state index in [9.17, 15) is 4.79 Å². The van der Waals surface area contributed by atoms with Gasteiger partial charge in [-0.15, -0.1) is 0 Å². The Labute approximate surface area is 139 Å². The van der Waals surface area contributed by atoms with Gasteiger partial charge in [0.2, 0.25) is 5.91 Å². The van der Waals surface area contributed by atoms with E-state index in [-0.39, 0.29) is 11.8 Å². The van der Waals surface area contributed by atoms with Crippen LogP contribution in [0.1, 0.15) is 37.7 Å². The quantitative estimate of drug-likeness (QED) is 0.846. The molecule has 1 aliphatic carbocycles. The average Bonchev–Trinajstić information content (AvgIpc) is 2.62. The van der Waals surface area contributed by atoms with Gasteiger partial charge in [0.25, 0.3) is 0 Å². The van der Waals surface area contributed by atoms with Crippen LogP contribution in [-0.4, -0.2) is 30.4 Å². The molecule has 0 saturated carbocycles. The smallest absolute Gasteiger partial charge is 0.223 e. The van der Waals surface area contributed by atoms with Gasteiger partial charge < -0.3 is 5.32 Å². The summed E-state index contributed by atoms with van der Waals surface area (Å²) in [5.74, 6) is 1.05. The fraction of sp³-hybridized carbons (Fsp3) is 0.550. The summed E-state index contributed by atoms with van der Waals surface area (Å²) in [5.41, 5.74) is 1.38. The maximum Gasteiger partial charge on any atom is 0.223 e. The SMILES string of the molecule is O=C(NC[C@H]1CCCN(Cc2ccccc2)C1)[C@@H]1CC=CCC1. The van der Waals surface area contributed by atoms with Gasteiger partial charge in [0.15, 0.2) is 0 Å². The number of nitrogens with zero attached hydrogens (tertiary/aromatic N) is 1. The Hall–Kier alpha value is -1.61. The lowest BCUT2D eigenvalue weighted by Crippen LogP contribution is -2.42. The third-order valence-electron chi connectivity index (χ3n) is 5.06. The zero-order chi connectivity index (χ0) is 15.9. The minimum atomic E-state index is 0.198. The number of hydrogen-bond acceptors (Lipinski definition) is 2. The highest BCUT2D eigenvalue weighted by molar-refractivity contribution is 5.78. The van der Waals surface area contributed by atoms with E-state index in [2.05, 4.69) is 52.7 Å². The van der Waals surface area contributed by atoms with Crippen molar-refractivity contribution in [3.8, 4) is 0 Å². The van der Waals surface area contributed by atoms with Crippen molar-refractivity contribution < 1.29 is 4.79 Å². The molecule has 1 aromatic carbocycles. The van der Waals surface area contributed by atoms with E-state index in [1.165, 1.54) is 24.9 Å².